The molecule has 0 aliphatic rings. The Morgan fingerprint density at radius 1 is 0.520 bits per heavy atom. The van der Waals surface area contributed by atoms with Gasteiger partial charge in [-0.2, -0.15) is 48.3 Å². The lowest BCUT2D eigenvalue weighted by Crippen LogP contribution is -2.75. The summed E-state index contributed by atoms with van der Waals surface area (Å²) in [7, 11) is 0. The highest BCUT2D eigenvalue weighted by Gasteiger charge is 2.92. The molecule has 0 amide bonds. The van der Waals surface area contributed by atoms with Gasteiger partial charge in [-0.05, 0) is 12.8 Å². The molecule has 0 bridgehead atoms. The van der Waals surface area contributed by atoms with Crippen LogP contribution >= 0.6 is 0 Å². The first-order valence-corrected chi connectivity index (χ1v) is 6.77. The molecule has 0 saturated heterocycles. The van der Waals surface area contributed by atoms with Crippen LogP contribution < -0.4 is 0 Å². The first kappa shape index (κ1) is 24.1. The second-order valence-corrected chi connectivity index (χ2v) is 5.34. The van der Waals surface area contributed by atoms with E-state index in [0.29, 0.717) is 0 Å². The van der Waals surface area contributed by atoms with E-state index in [9.17, 15) is 57.1 Å². The molecule has 0 nitrogen and oxygen atoms in total. The highest BCUT2D eigenvalue weighted by molar-refractivity contribution is 5.18. The average molecular weight is 404 g/mol. The van der Waals surface area contributed by atoms with E-state index in [0.717, 1.165) is 0 Å². The monoisotopic (exact) mass is 404 g/mol. The van der Waals surface area contributed by atoms with Gasteiger partial charge in [0.15, 0.2) is 0 Å². The van der Waals surface area contributed by atoms with Gasteiger partial charge < -0.3 is 0 Å². The van der Waals surface area contributed by atoms with Crippen LogP contribution in [0.2, 0.25) is 0 Å². The normalized spacial score (nSPS) is 19.4. The van der Waals surface area contributed by atoms with Crippen LogP contribution in [0.15, 0.2) is 0 Å². The van der Waals surface area contributed by atoms with Crippen LogP contribution in [0.4, 0.5) is 57.1 Å². The Bertz CT molecular complexity index is 432. The Morgan fingerprint density at radius 2 is 0.960 bits per heavy atom. The summed E-state index contributed by atoms with van der Waals surface area (Å²) in [5.41, 5.74) is -14.0. The minimum atomic E-state index is -7.67. The lowest BCUT2D eigenvalue weighted by molar-refractivity contribution is -0.436. The van der Waals surface area contributed by atoms with Crippen molar-refractivity contribution in [2.45, 2.75) is 74.8 Å². The molecule has 0 aromatic rings. The molecule has 0 aliphatic carbocycles. The molecule has 2 unspecified atom stereocenters. The third-order valence-corrected chi connectivity index (χ3v) is 3.55. The SMILES string of the molecule is CCCCCCC(F)(C(F)(F)F)C(F)(C(F)(F)F)C(F)(F)C(F)(F)F. The summed E-state index contributed by atoms with van der Waals surface area (Å²) < 4.78 is 167. The van der Waals surface area contributed by atoms with E-state index < -0.39 is 55.1 Å². The molecule has 0 aromatic heterocycles. The lowest BCUT2D eigenvalue weighted by Gasteiger charge is -2.45. The van der Waals surface area contributed by atoms with E-state index in [4.69, 9.17) is 0 Å². The van der Waals surface area contributed by atoms with E-state index in [1.54, 1.807) is 0 Å². The Balaban J connectivity index is 6.43. The molecular weight excluding hydrogens is 391 g/mol. The molecule has 0 saturated carbocycles. The first-order chi connectivity index (χ1) is 10.8. The average Bonchev–Trinajstić information content (AvgIpc) is 2.38. The first-order valence-electron chi connectivity index (χ1n) is 6.77. The van der Waals surface area contributed by atoms with Crippen LogP contribution in [-0.2, 0) is 0 Å². The predicted octanol–water partition coefficient (Wildman–Crippen LogP) is 6.70. The summed E-state index contributed by atoms with van der Waals surface area (Å²) in [4.78, 5) is 0. The van der Waals surface area contributed by atoms with Gasteiger partial charge >= 0.3 is 30.1 Å². The molecular formula is C12H13F13. The number of hydrogen-bond acceptors (Lipinski definition) is 0. The van der Waals surface area contributed by atoms with E-state index in [1.165, 1.54) is 6.92 Å². The summed E-state index contributed by atoms with van der Waals surface area (Å²) in [6.07, 6.45) is -25.7. The Labute approximate surface area is 133 Å². The van der Waals surface area contributed by atoms with Crippen molar-refractivity contribution in [1.82, 2.24) is 0 Å². The Hall–Kier alpha value is -0.910. The van der Waals surface area contributed by atoms with Crippen LogP contribution in [-0.4, -0.2) is 35.8 Å². The Morgan fingerprint density at radius 3 is 1.24 bits per heavy atom. The molecule has 0 heterocycles. The minimum Gasteiger partial charge on any atom is -0.230 e. The van der Waals surface area contributed by atoms with Crippen LogP contribution in [0.3, 0.4) is 0 Å². The van der Waals surface area contributed by atoms with Gasteiger partial charge in [-0.3, -0.25) is 0 Å². The highest BCUT2D eigenvalue weighted by Crippen LogP contribution is 2.63. The molecule has 0 rings (SSSR count). The number of rotatable bonds is 7. The summed E-state index contributed by atoms with van der Waals surface area (Å²) in [5, 5.41) is 0. The predicted molar refractivity (Wildman–Crippen MR) is 59.5 cm³/mol. The van der Waals surface area contributed by atoms with Gasteiger partial charge in [-0.15, -0.1) is 0 Å². The maximum Gasteiger partial charge on any atom is 0.457 e. The van der Waals surface area contributed by atoms with E-state index >= 15 is 0 Å². The third kappa shape index (κ3) is 3.93. The van der Waals surface area contributed by atoms with Gasteiger partial charge in [-0.1, -0.05) is 26.2 Å². The fraction of sp³-hybridized carbons (Fsp3) is 1.00. The van der Waals surface area contributed by atoms with E-state index in [-0.39, 0.29) is 12.8 Å². The van der Waals surface area contributed by atoms with Crippen molar-refractivity contribution >= 4 is 0 Å². The van der Waals surface area contributed by atoms with Crippen molar-refractivity contribution in [3.05, 3.63) is 0 Å². The molecule has 152 valence electrons. The van der Waals surface area contributed by atoms with Gasteiger partial charge in [0.1, 0.15) is 0 Å². The lowest BCUT2D eigenvalue weighted by atomic mass is 9.76. The zero-order chi connectivity index (χ0) is 20.5. The van der Waals surface area contributed by atoms with Crippen molar-refractivity contribution in [2.24, 2.45) is 0 Å². The zero-order valence-electron chi connectivity index (χ0n) is 12.4. The second kappa shape index (κ2) is 7.01. The van der Waals surface area contributed by atoms with Gasteiger partial charge in [0.05, 0.1) is 0 Å². The summed E-state index contributed by atoms with van der Waals surface area (Å²) in [6.45, 7) is 1.47. The Kier molecular flexibility index (Phi) is 6.76. The zero-order valence-corrected chi connectivity index (χ0v) is 12.4. The number of hydrogen-bond donors (Lipinski definition) is 0. The van der Waals surface area contributed by atoms with Crippen molar-refractivity contribution in [1.29, 1.82) is 0 Å². The topological polar surface area (TPSA) is 0 Å². The van der Waals surface area contributed by atoms with Crippen LogP contribution in [0.5, 0.6) is 0 Å². The van der Waals surface area contributed by atoms with Gasteiger partial charge in [0.25, 0.3) is 5.67 Å². The summed E-state index contributed by atoms with van der Waals surface area (Å²) in [6, 6.07) is 0. The summed E-state index contributed by atoms with van der Waals surface area (Å²) >= 11 is 0. The number of halogens is 13. The fourth-order valence-corrected chi connectivity index (χ4v) is 2.15. The van der Waals surface area contributed by atoms with Crippen LogP contribution in [0.1, 0.15) is 39.0 Å². The van der Waals surface area contributed by atoms with Gasteiger partial charge in [0, 0.05) is 0 Å². The fourth-order valence-electron chi connectivity index (χ4n) is 2.15. The molecule has 0 N–H and O–H groups in total. The van der Waals surface area contributed by atoms with Crippen LogP contribution in [0.25, 0.3) is 0 Å². The highest BCUT2D eigenvalue weighted by atomic mass is 19.4. The molecule has 0 spiro atoms. The summed E-state index contributed by atoms with van der Waals surface area (Å²) in [5.74, 6) is -7.67. The standard InChI is InChI=1S/C12H13F13/c1-2-3-4-5-6-7(13,10(17,18)19)8(14,11(20,21)22)9(15,16)12(23,24)25/h2-6H2,1H3. The van der Waals surface area contributed by atoms with Crippen molar-refractivity contribution < 1.29 is 57.1 Å². The molecule has 0 fully saturated rings. The van der Waals surface area contributed by atoms with Crippen molar-refractivity contribution in [2.75, 3.05) is 0 Å². The second-order valence-electron chi connectivity index (χ2n) is 5.34. The van der Waals surface area contributed by atoms with Crippen molar-refractivity contribution in [3.8, 4) is 0 Å². The van der Waals surface area contributed by atoms with E-state index in [1.807, 2.05) is 0 Å². The largest absolute Gasteiger partial charge is 0.457 e. The molecule has 2 atom stereocenters. The molecule has 0 aromatic carbocycles. The maximum atomic E-state index is 14.1. The third-order valence-electron chi connectivity index (χ3n) is 3.55. The smallest absolute Gasteiger partial charge is 0.230 e. The molecule has 0 aliphatic heterocycles. The number of alkyl halides is 13. The molecule has 25 heavy (non-hydrogen) atoms. The maximum absolute atomic E-state index is 14.1. The number of unbranched alkanes of at least 4 members (excludes halogenated alkanes) is 3. The quantitative estimate of drug-likeness (QED) is 0.327. The van der Waals surface area contributed by atoms with Gasteiger partial charge in [-0.25, -0.2) is 8.78 Å². The van der Waals surface area contributed by atoms with Crippen molar-refractivity contribution in [3.63, 3.8) is 0 Å². The van der Waals surface area contributed by atoms with Gasteiger partial charge in [0.2, 0.25) is 0 Å². The van der Waals surface area contributed by atoms with Crippen LogP contribution in [0, 0.1) is 0 Å². The van der Waals surface area contributed by atoms with E-state index in [2.05, 4.69) is 0 Å². The molecule has 0 radical (unpaired) electrons. The molecule has 13 heteroatoms. The minimum absolute atomic E-state index is 0.0227.